The average molecular weight is 472 g/mol. The first-order valence-corrected chi connectivity index (χ1v) is 13.6. The van der Waals surface area contributed by atoms with Gasteiger partial charge in [0.25, 0.3) is 0 Å². The van der Waals surface area contributed by atoms with Gasteiger partial charge in [0.15, 0.2) is 5.78 Å². The van der Waals surface area contributed by atoms with E-state index in [0.717, 1.165) is 27.9 Å². The van der Waals surface area contributed by atoms with Gasteiger partial charge in [0, 0.05) is 49.2 Å². The molecule has 0 unspecified atom stereocenters. The van der Waals surface area contributed by atoms with Gasteiger partial charge in [0.05, 0.1) is 11.4 Å². The van der Waals surface area contributed by atoms with Gasteiger partial charge in [-0.2, -0.15) is 4.31 Å². The Kier molecular flexibility index (Phi) is 6.85. The number of piperazine rings is 1. The zero-order valence-corrected chi connectivity index (χ0v) is 21.5. The van der Waals surface area contributed by atoms with Crippen molar-refractivity contribution in [3.05, 3.63) is 51.8 Å². The van der Waals surface area contributed by atoms with Gasteiger partial charge in [0.1, 0.15) is 0 Å². The summed E-state index contributed by atoms with van der Waals surface area (Å²) in [6.45, 7) is 12.2. The molecular formula is C26H37N3O3S. The van der Waals surface area contributed by atoms with E-state index in [-0.39, 0.29) is 5.78 Å². The zero-order chi connectivity index (χ0) is 23.9. The van der Waals surface area contributed by atoms with Gasteiger partial charge in [-0.05, 0) is 64.7 Å². The Morgan fingerprint density at radius 2 is 1.48 bits per heavy atom. The summed E-state index contributed by atoms with van der Waals surface area (Å²) >= 11 is 0. The molecule has 0 N–H and O–H groups in total. The van der Waals surface area contributed by atoms with Crippen LogP contribution in [0.15, 0.2) is 23.1 Å². The van der Waals surface area contributed by atoms with E-state index < -0.39 is 10.0 Å². The number of rotatable bonds is 6. The SMILES string of the molecule is Cc1cc(C)c(S(=O)(=O)N2CCN(CC(=O)c3cc(C)n(C4CCCC4)c3C)CC2)c(C)c1. The van der Waals surface area contributed by atoms with Crippen LogP contribution >= 0.6 is 0 Å². The maximum atomic E-state index is 13.3. The lowest BCUT2D eigenvalue weighted by Gasteiger charge is -2.34. The van der Waals surface area contributed by atoms with E-state index in [0.29, 0.717) is 43.7 Å². The number of benzene rings is 1. The second-order valence-electron chi connectivity index (χ2n) is 9.92. The van der Waals surface area contributed by atoms with Crippen molar-refractivity contribution >= 4 is 15.8 Å². The standard InChI is InChI=1S/C26H37N3O3S/c1-18-14-19(2)26(20(3)15-18)33(31,32)28-12-10-27(11-13-28)17-25(30)24-16-21(4)29(22(24)5)23-8-6-7-9-23/h14-16,23H,6-13,17H2,1-5H3. The third-order valence-corrected chi connectivity index (χ3v) is 9.58. The molecule has 2 aromatic rings. The molecule has 180 valence electrons. The summed E-state index contributed by atoms with van der Waals surface area (Å²) in [6, 6.07) is 6.42. The largest absolute Gasteiger partial charge is 0.345 e. The Morgan fingerprint density at radius 3 is 2.06 bits per heavy atom. The Labute approximate surface area is 198 Å². The molecule has 1 saturated carbocycles. The Morgan fingerprint density at radius 1 is 0.909 bits per heavy atom. The number of carbonyl (C=O) groups excluding carboxylic acids is 1. The van der Waals surface area contributed by atoms with Crippen LogP contribution in [0.2, 0.25) is 0 Å². The molecule has 0 atom stereocenters. The first-order valence-electron chi connectivity index (χ1n) is 12.1. The van der Waals surface area contributed by atoms with Crippen molar-refractivity contribution in [3.63, 3.8) is 0 Å². The van der Waals surface area contributed by atoms with Crippen LogP contribution in [0.5, 0.6) is 0 Å². The van der Waals surface area contributed by atoms with Crippen molar-refractivity contribution in [2.24, 2.45) is 0 Å². The second kappa shape index (κ2) is 9.35. The summed E-state index contributed by atoms with van der Waals surface area (Å²) in [4.78, 5) is 15.7. The highest BCUT2D eigenvalue weighted by molar-refractivity contribution is 7.89. The lowest BCUT2D eigenvalue weighted by molar-refractivity contribution is 0.0901. The van der Waals surface area contributed by atoms with Crippen LogP contribution in [-0.4, -0.2) is 60.7 Å². The minimum absolute atomic E-state index is 0.133. The van der Waals surface area contributed by atoms with Gasteiger partial charge in [-0.1, -0.05) is 30.5 Å². The smallest absolute Gasteiger partial charge is 0.243 e. The first kappa shape index (κ1) is 24.2. The molecule has 1 aliphatic heterocycles. The van der Waals surface area contributed by atoms with Crippen molar-refractivity contribution in [1.82, 2.24) is 13.8 Å². The molecule has 0 bridgehead atoms. The fraction of sp³-hybridized carbons (Fsp3) is 0.577. The normalized spacial score (nSPS) is 18.8. The molecule has 1 aromatic heterocycles. The molecule has 1 aromatic carbocycles. The molecule has 2 aliphatic rings. The second-order valence-corrected chi connectivity index (χ2v) is 11.8. The molecule has 1 aliphatic carbocycles. The molecule has 2 heterocycles. The van der Waals surface area contributed by atoms with Crippen molar-refractivity contribution in [3.8, 4) is 0 Å². The number of nitrogens with zero attached hydrogens (tertiary/aromatic N) is 3. The number of hydrogen-bond acceptors (Lipinski definition) is 4. The van der Waals surface area contributed by atoms with Crippen LogP contribution < -0.4 is 0 Å². The topological polar surface area (TPSA) is 62.6 Å². The number of hydrogen-bond donors (Lipinski definition) is 0. The van der Waals surface area contributed by atoms with E-state index in [1.807, 2.05) is 39.0 Å². The Balaban J connectivity index is 1.42. The monoisotopic (exact) mass is 471 g/mol. The minimum atomic E-state index is -3.54. The Bertz CT molecular complexity index is 1130. The molecule has 0 amide bonds. The number of carbonyl (C=O) groups is 1. The zero-order valence-electron chi connectivity index (χ0n) is 20.6. The van der Waals surface area contributed by atoms with Crippen molar-refractivity contribution in [2.45, 2.75) is 71.2 Å². The van der Waals surface area contributed by atoms with Crippen LogP contribution in [0.3, 0.4) is 0 Å². The van der Waals surface area contributed by atoms with E-state index in [2.05, 4.69) is 23.3 Å². The molecule has 0 spiro atoms. The van der Waals surface area contributed by atoms with Crippen LogP contribution in [0.4, 0.5) is 0 Å². The minimum Gasteiger partial charge on any atom is -0.345 e. The molecule has 4 rings (SSSR count). The number of Topliss-reactive ketones (excluding diaryl/α,β-unsaturated/α-hetero) is 1. The predicted molar refractivity (Wildman–Crippen MR) is 132 cm³/mol. The quantitative estimate of drug-likeness (QED) is 0.588. The summed E-state index contributed by atoms with van der Waals surface area (Å²) in [5.41, 5.74) is 5.73. The van der Waals surface area contributed by atoms with Gasteiger partial charge >= 0.3 is 0 Å². The van der Waals surface area contributed by atoms with Gasteiger partial charge < -0.3 is 4.57 Å². The van der Waals surface area contributed by atoms with Crippen LogP contribution in [0.25, 0.3) is 0 Å². The van der Waals surface area contributed by atoms with Gasteiger partial charge in [-0.3, -0.25) is 9.69 Å². The molecule has 7 heteroatoms. The maximum absolute atomic E-state index is 13.3. The van der Waals surface area contributed by atoms with E-state index in [9.17, 15) is 13.2 Å². The highest BCUT2D eigenvalue weighted by Crippen LogP contribution is 2.33. The fourth-order valence-corrected chi connectivity index (χ4v) is 7.74. The van der Waals surface area contributed by atoms with Gasteiger partial charge in [0.2, 0.25) is 10.0 Å². The van der Waals surface area contributed by atoms with Gasteiger partial charge in [-0.25, -0.2) is 8.42 Å². The lowest BCUT2D eigenvalue weighted by Crippen LogP contribution is -2.50. The van der Waals surface area contributed by atoms with Gasteiger partial charge in [-0.15, -0.1) is 0 Å². The van der Waals surface area contributed by atoms with Crippen molar-refractivity contribution < 1.29 is 13.2 Å². The van der Waals surface area contributed by atoms with E-state index in [4.69, 9.17) is 0 Å². The summed E-state index contributed by atoms with van der Waals surface area (Å²) in [7, 11) is -3.54. The first-order chi connectivity index (χ1) is 15.6. The predicted octanol–water partition coefficient (Wildman–Crippen LogP) is 4.33. The molecule has 1 saturated heterocycles. The van der Waals surface area contributed by atoms with E-state index in [1.165, 1.54) is 31.4 Å². The van der Waals surface area contributed by atoms with E-state index in [1.54, 1.807) is 4.31 Å². The highest BCUT2D eigenvalue weighted by Gasteiger charge is 2.32. The summed E-state index contributed by atoms with van der Waals surface area (Å²) in [6.07, 6.45) is 4.92. The number of aryl methyl sites for hydroxylation is 4. The van der Waals surface area contributed by atoms with Crippen LogP contribution in [0.1, 0.15) is 70.2 Å². The molecule has 6 nitrogen and oxygen atoms in total. The fourth-order valence-electron chi connectivity index (χ4n) is 5.90. The number of sulfonamides is 1. The highest BCUT2D eigenvalue weighted by atomic mass is 32.2. The molecule has 2 fully saturated rings. The molecular weight excluding hydrogens is 434 g/mol. The number of ketones is 1. The number of aromatic nitrogens is 1. The molecule has 33 heavy (non-hydrogen) atoms. The maximum Gasteiger partial charge on any atom is 0.243 e. The summed E-state index contributed by atoms with van der Waals surface area (Å²) < 4.78 is 30.6. The summed E-state index contributed by atoms with van der Waals surface area (Å²) in [5.74, 6) is 0.133. The van der Waals surface area contributed by atoms with Crippen molar-refractivity contribution in [1.29, 1.82) is 0 Å². The third kappa shape index (κ3) is 4.68. The summed E-state index contributed by atoms with van der Waals surface area (Å²) in [5, 5.41) is 0. The van der Waals surface area contributed by atoms with Crippen molar-refractivity contribution in [2.75, 3.05) is 32.7 Å². The average Bonchev–Trinajstić information content (AvgIpc) is 3.35. The molecule has 0 radical (unpaired) electrons. The van der Waals surface area contributed by atoms with E-state index >= 15 is 0 Å². The third-order valence-electron chi connectivity index (χ3n) is 7.38. The Hall–Kier alpha value is -1.96. The van der Waals surface area contributed by atoms with Crippen LogP contribution in [0, 0.1) is 34.6 Å². The lowest BCUT2D eigenvalue weighted by atomic mass is 10.1. The van der Waals surface area contributed by atoms with Crippen LogP contribution in [-0.2, 0) is 10.0 Å².